The highest BCUT2D eigenvalue weighted by molar-refractivity contribution is 7.13. The van der Waals surface area contributed by atoms with Gasteiger partial charge in [-0.15, -0.1) is 11.3 Å². The minimum atomic E-state index is -2.33. The third-order valence-electron chi connectivity index (χ3n) is 3.61. The molecule has 22 heavy (non-hydrogen) atoms. The molecule has 0 aromatic carbocycles. The van der Waals surface area contributed by atoms with Crippen LogP contribution in [0.25, 0.3) is 10.6 Å². The summed E-state index contributed by atoms with van der Waals surface area (Å²) in [6.07, 6.45) is 2.96. The Labute approximate surface area is 129 Å². The van der Waals surface area contributed by atoms with E-state index in [9.17, 15) is 14.0 Å². The molecule has 0 radical (unpaired) electrons. The summed E-state index contributed by atoms with van der Waals surface area (Å²) in [5.74, 6) is -1.83. The zero-order valence-corrected chi connectivity index (χ0v) is 12.3. The van der Waals surface area contributed by atoms with Gasteiger partial charge in [-0.05, 0) is 6.07 Å². The Morgan fingerprint density at radius 1 is 1.55 bits per heavy atom. The van der Waals surface area contributed by atoms with Crippen LogP contribution >= 0.6 is 11.3 Å². The SMILES string of the molecule is O=C(Cc1csc(-c2ccoc2)n1)N1CCC(F)(C(=O)O)C1. The van der Waals surface area contributed by atoms with Gasteiger partial charge in [0.25, 0.3) is 0 Å². The lowest BCUT2D eigenvalue weighted by molar-refractivity contribution is -0.150. The Kier molecular flexibility index (Phi) is 3.69. The lowest BCUT2D eigenvalue weighted by Crippen LogP contribution is -2.39. The number of amides is 1. The molecule has 2 aromatic heterocycles. The summed E-state index contributed by atoms with van der Waals surface area (Å²) in [5.41, 5.74) is -0.920. The van der Waals surface area contributed by atoms with E-state index < -0.39 is 18.2 Å². The first-order valence-electron chi connectivity index (χ1n) is 6.65. The van der Waals surface area contributed by atoms with Crippen LogP contribution in [0.5, 0.6) is 0 Å². The maximum atomic E-state index is 14.0. The van der Waals surface area contributed by atoms with Crippen molar-refractivity contribution < 1.29 is 23.5 Å². The molecule has 3 heterocycles. The van der Waals surface area contributed by atoms with Gasteiger partial charge in [-0.1, -0.05) is 0 Å². The molecule has 1 unspecified atom stereocenters. The van der Waals surface area contributed by atoms with E-state index in [1.807, 2.05) is 0 Å². The van der Waals surface area contributed by atoms with E-state index in [0.29, 0.717) is 5.69 Å². The van der Waals surface area contributed by atoms with Crippen LogP contribution in [-0.2, 0) is 16.0 Å². The zero-order valence-electron chi connectivity index (χ0n) is 11.5. The van der Waals surface area contributed by atoms with Crippen molar-refractivity contribution in [3.8, 4) is 10.6 Å². The van der Waals surface area contributed by atoms with Crippen LogP contribution in [-0.4, -0.2) is 45.6 Å². The molecule has 0 saturated carbocycles. The molecule has 0 spiro atoms. The van der Waals surface area contributed by atoms with Crippen LogP contribution in [0.2, 0.25) is 0 Å². The molecule has 0 aliphatic carbocycles. The molecule has 1 amide bonds. The molecule has 1 N–H and O–H groups in total. The van der Waals surface area contributed by atoms with Crippen molar-refractivity contribution in [2.75, 3.05) is 13.1 Å². The van der Waals surface area contributed by atoms with Crippen molar-refractivity contribution in [2.45, 2.75) is 18.5 Å². The summed E-state index contributed by atoms with van der Waals surface area (Å²) >= 11 is 1.39. The van der Waals surface area contributed by atoms with E-state index >= 15 is 0 Å². The van der Waals surface area contributed by atoms with Crippen LogP contribution < -0.4 is 0 Å². The fourth-order valence-corrected chi connectivity index (χ4v) is 3.14. The number of aromatic nitrogens is 1. The largest absolute Gasteiger partial charge is 0.479 e. The number of hydrogen-bond donors (Lipinski definition) is 1. The first kappa shape index (κ1) is 14.7. The highest BCUT2D eigenvalue weighted by Gasteiger charge is 2.46. The molecular formula is C14H13FN2O4S. The van der Waals surface area contributed by atoms with E-state index in [1.165, 1.54) is 16.2 Å². The third-order valence-corrected chi connectivity index (χ3v) is 4.55. The van der Waals surface area contributed by atoms with Crippen LogP contribution in [0.4, 0.5) is 4.39 Å². The summed E-state index contributed by atoms with van der Waals surface area (Å²) < 4.78 is 18.9. The number of rotatable bonds is 4. The van der Waals surface area contributed by atoms with E-state index in [4.69, 9.17) is 9.52 Å². The van der Waals surface area contributed by atoms with Gasteiger partial charge in [0, 0.05) is 23.9 Å². The molecule has 0 bridgehead atoms. The smallest absolute Gasteiger partial charge is 0.343 e. The van der Waals surface area contributed by atoms with Crippen molar-refractivity contribution in [3.05, 3.63) is 29.7 Å². The Balaban J connectivity index is 1.65. The highest BCUT2D eigenvalue weighted by atomic mass is 32.1. The number of alkyl halides is 1. The Morgan fingerprint density at radius 2 is 2.36 bits per heavy atom. The van der Waals surface area contributed by atoms with Gasteiger partial charge in [0.15, 0.2) is 0 Å². The Hall–Kier alpha value is -2.22. The molecule has 1 aliphatic rings. The zero-order chi connectivity index (χ0) is 15.7. The van der Waals surface area contributed by atoms with E-state index in [-0.39, 0.29) is 25.3 Å². The monoisotopic (exact) mass is 324 g/mol. The number of carboxylic acid groups (broad SMARTS) is 1. The van der Waals surface area contributed by atoms with Crippen LogP contribution in [0.15, 0.2) is 28.4 Å². The van der Waals surface area contributed by atoms with Gasteiger partial charge in [-0.3, -0.25) is 4.79 Å². The maximum Gasteiger partial charge on any atom is 0.343 e. The summed E-state index contributed by atoms with van der Waals surface area (Å²) in [7, 11) is 0. The molecule has 1 fully saturated rings. The molecule has 8 heteroatoms. The van der Waals surface area contributed by atoms with Crippen molar-refractivity contribution in [1.82, 2.24) is 9.88 Å². The molecule has 1 atom stereocenters. The van der Waals surface area contributed by atoms with Gasteiger partial charge < -0.3 is 14.4 Å². The summed E-state index contributed by atoms with van der Waals surface area (Å²) in [6.45, 7) is -0.291. The number of carboxylic acids is 1. The fraction of sp³-hybridized carbons (Fsp3) is 0.357. The summed E-state index contributed by atoms with van der Waals surface area (Å²) in [4.78, 5) is 28.6. The first-order valence-corrected chi connectivity index (χ1v) is 7.53. The maximum absolute atomic E-state index is 14.0. The molecule has 1 aliphatic heterocycles. The van der Waals surface area contributed by atoms with E-state index in [0.717, 1.165) is 10.6 Å². The normalized spacial score (nSPS) is 21.2. The number of nitrogens with zero attached hydrogens (tertiary/aromatic N) is 2. The Morgan fingerprint density at radius 3 is 3.00 bits per heavy atom. The van der Waals surface area contributed by atoms with Gasteiger partial charge in [-0.25, -0.2) is 14.2 Å². The predicted octanol–water partition coefficient (Wildman–Crippen LogP) is 1.97. The lowest BCUT2D eigenvalue weighted by Gasteiger charge is -2.17. The summed E-state index contributed by atoms with van der Waals surface area (Å²) in [6, 6.07) is 1.77. The molecule has 2 aromatic rings. The van der Waals surface area contributed by atoms with Crippen molar-refractivity contribution in [1.29, 1.82) is 0 Å². The lowest BCUT2D eigenvalue weighted by atomic mass is 10.1. The highest BCUT2D eigenvalue weighted by Crippen LogP contribution is 2.27. The van der Waals surface area contributed by atoms with E-state index in [1.54, 1.807) is 24.0 Å². The van der Waals surface area contributed by atoms with Crippen LogP contribution in [0, 0.1) is 0 Å². The van der Waals surface area contributed by atoms with Gasteiger partial charge >= 0.3 is 5.97 Å². The average molecular weight is 324 g/mol. The van der Waals surface area contributed by atoms with E-state index in [2.05, 4.69) is 4.98 Å². The average Bonchev–Trinajstić information content (AvgIpc) is 3.17. The van der Waals surface area contributed by atoms with Crippen molar-refractivity contribution >= 4 is 23.2 Å². The quantitative estimate of drug-likeness (QED) is 0.929. The number of carbonyl (C=O) groups is 2. The number of aliphatic carboxylic acids is 1. The third kappa shape index (κ3) is 2.74. The number of likely N-dealkylation sites (tertiary alicyclic amines) is 1. The van der Waals surface area contributed by atoms with Gasteiger partial charge in [0.05, 0.1) is 24.9 Å². The second-order valence-electron chi connectivity index (χ2n) is 5.17. The first-order chi connectivity index (χ1) is 10.5. The van der Waals surface area contributed by atoms with Gasteiger partial charge in [0.2, 0.25) is 11.6 Å². The Bertz CT molecular complexity index is 700. The van der Waals surface area contributed by atoms with Crippen LogP contribution in [0.1, 0.15) is 12.1 Å². The topological polar surface area (TPSA) is 83.6 Å². The molecular weight excluding hydrogens is 311 g/mol. The number of carbonyl (C=O) groups excluding carboxylic acids is 1. The minimum Gasteiger partial charge on any atom is -0.479 e. The number of halogens is 1. The minimum absolute atomic E-state index is 0.0318. The standard InChI is InChI=1S/C14H13FN2O4S/c15-14(13(19)20)2-3-17(8-14)11(18)5-10-7-22-12(16-10)9-1-4-21-6-9/h1,4,6-7H,2-3,5,8H2,(H,19,20). The molecule has 116 valence electrons. The number of furan rings is 1. The number of thiazole rings is 1. The second-order valence-corrected chi connectivity index (χ2v) is 6.03. The van der Waals surface area contributed by atoms with Crippen LogP contribution in [0.3, 0.4) is 0 Å². The summed E-state index contributed by atoms with van der Waals surface area (Å²) in [5, 5.41) is 11.3. The number of hydrogen-bond acceptors (Lipinski definition) is 5. The van der Waals surface area contributed by atoms with Gasteiger partial charge in [0.1, 0.15) is 11.3 Å². The molecule has 1 saturated heterocycles. The van der Waals surface area contributed by atoms with Crippen molar-refractivity contribution in [3.63, 3.8) is 0 Å². The fourth-order valence-electron chi connectivity index (χ4n) is 2.33. The second kappa shape index (κ2) is 5.53. The van der Waals surface area contributed by atoms with Crippen molar-refractivity contribution in [2.24, 2.45) is 0 Å². The van der Waals surface area contributed by atoms with Gasteiger partial charge in [-0.2, -0.15) is 0 Å². The predicted molar refractivity (Wildman–Crippen MR) is 76.2 cm³/mol. The molecule has 6 nitrogen and oxygen atoms in total. The molecule has 3 rings (SSSR count).